The highest BCUT2D eigenvalue weighted by molar-refractivity contribution is 6.30. The number of halogens is 3. The van der Waals surface area contributed by atoms with Crippen LogP contribution < -0.4 is 36.9 Å². The first-order valence-electron chi connectivity index (χ1n) is 24.2. The van der Waals surface area contributed by atoms with Crippen LogP contribution in [0, 0.1) is 17.0 Å². The highest BCUT2D eigenvalue weighted by Gasteiger charge is 2.42. The van der Waals surface area contributed by atoms with E-state index in [1.54, 1.807) is 54.1 Å². The van der Waals surface area contributed by atoms with Crippen LogP contribution in [-0.2, 0) is 41.6 Å². The van der Waals surface area contributed by atoms with Gasteiger partial charge in [0.25, 0.3) is 11.8 Å². The Bertz CT molecular complexity index is 2680. The Morgan fingerprint density at radius 1 is 0.851 bits per heavy atom. The average molecular weight is 1050 g/mol. The summed E-state index contributed by atoms with van der Waals surface area (Å²) in [4.78, 5) is 87.6. The van der Waals surface area contributed by atoms with Crippen molar-refractivity contribution in [2.24, 2.45) is 11.1 Å². The van der Waals surface area contributed by atoms with Gasteiger partial charge in [0.15, 0.2) is 17.4 Å². The van der Waals surface area contributed by atoms with E-state index < -0.39 is 64.6 Å². The van der Waals surface area contributed by atoms with Gasteiger partial charge in [-0.3, -0.25) is 28.8 Å². The number of anilines is 2. The number of aromatic nitrogens is 1. The predicted molar refractivity (Wildman–Crippen MR) is 271 cm³/mol. The number of benzene rings is 3. The van der Waals surface area contributed by atoms with E-state index >= 15 is 0 Å². The number of nitrogens with one attached hydrogen (secondary N) is 3. The van der Waals surface area contributed by atoms with E-state index in [1.807, 2.05) is 32.9 Å². The quantitative estimate of drug-likeness (QED) is 0.0564. The number of amides is 6. The molecule has 0 saturated carbocycles. The lowest BCUT2D eigenvalue weighted by molar-refractivity contribution is -0.146. The highest BCUT2D eigenvalue weighted by atomic mass is 35.5. The molecule has 398 valence electrons. The molecule has 2 aliphatic rings. The topological polar surface area (TPSA) is 250 Å². The minimum atomic E-state index is -1.16. The summed E-state index contributed by atoms with van der Waals surface area (Å²) in [6.07, 6.45) is 0.450. The Labute approximate surface area is 433 Å². The van der Waals surface area contributed by atoms with Crippen LogP contribution in [0.15, 0.2) is 66.9 Å². The minimum Gasteiger partial charge on any atom is -0.491 e. The molecule has 3 aromatic carbocycles. The van der Waals surface area contributed by atoms with Gasteiger partial charge in [-0.1, -0.05) is 38.4 Å². The number of hydrogen-bond acceptors (Lipinski definition) is 13. The molecule has 1 saturated heterocycles. The summed E-state index contributed by atoms with van der Waals surface area (Å²) in [5.74, 6) is -3.74. The average Bonchev–Trinajstić information content (AvgIpc) is 3.37. The lowest BCUT2D eigenvalue weighted by Crippen LogP contribution is -2.61. The maximum atomic E-state index is 14.6. The van der Waals surface area contributed by atoms with Crippen LogP contribution in [0.3, 0.4) is 0 Å². The largest absolute Gasteiger partial charge is 0.491 e. The summed E-state index contributed by atoms with van der Waals surface area (Å²) in [5.41, 5.74) is 13.1. The lowest BCUT2D eigenvalue weighted by atomic mass is 9.84. The maximum Gasteiger partial charge on any atom is 0.257 e. The molecule has 19 nitrogen and oxygen atoms in total. The van der Waals surface area contributed by atoms with Crippen molar-refractivity contribution in [2.75, 3.05) is 77.3 Å². The summed E-state index contributed by atoms with van der Waals surface area (Å²) in [6, 6.07) is 12.8. The number of primary amides is 1. The van der Waals surface area contributed by atoms with E-state index in [9.17, 15) is 37.5 Å². The SMILES string of the molecule is CN[C@@H](C)C(=O)N[C@H](C(=O)N1Cc2cc(OCCOCCOCCC(=O)N3CCN(C(=O)c4ccc(NC(=O)c5cnc(N)c(O[C@H](C)c6c(F)ccc(Cl)c6F)c5)cc4)CC3)ccc2C[C@H]1C(N)=O)C(C)(C)C. The monoisotopic (exact) mass is 1050 g/mol. The molecule has 0 bridgehead atoms. The fourth-order valence-corrected chi connectivity index (χ4v) is 8.45. The molecular weight excluding hydrogens is 984 g/mol. The van der Waals surface area contributed by atoms with Crippen molar-refractivity contribution in [3.63, 3.8) is 0 Å². The van der Waals surface area contributed by atoms with Gasteiger partial charge in [0, 0.05) is 56.6 Å². The lowest BCUT2D eigenvalue weighted by Gasteiger charge is -2.40. The van der Waals surface area contributed by atoms with Crippen molar-refractivity contribution < 1.29 is 56.5 Å². The van der Waals surface area contributed by atoms with E-state index in [-0.39, 0.29) is 92.3 Å². The summed E-state index contributed by atoms with van der Waals surface area (Å²) < 4.78 is 52.0. The second kappa shape index (κ2) is 25.3. The summed E-state index contributed by atoms with van der Waals surface area (Å²) in [6.45, 7) is 11.3. The number of hydrogen-bond donors (Lipinski definition) is 5. The zero-order valence-corrected chi connectivity index (χ0v) is 43.1. The minimum absolute atomic E-state index is 0.0508. The molecule has 7 N–H and O–H groups in total. The van der Waals surface area contributed by atoms with Crippen LogP contribution in [0.2, 0.25) is 5.02 Å². The number of rotatable bonds is 21. The Kier molecular flexibility index (Phi) is 19.3. The van der Waals surface area contributed by atoms with E-state index in [0.29, 0.717) is 43.2 Å². The van der Waals surface area contributed by atoms with Crippen molar-refractivity contribution in [2.45, 2.75) is 78.2 Å². The molecule has 0 radical (unpaired) electrons. The Balaban J connectivity index is 0.866. The van der Waals surface area contributed by atoms with Crippen molar-refractivity contribution in [3.8, 4) is 11.5 Å². The van der Waals surface area contributed by atoms with Gasteiger partial charge in [0.05, 0.1) is 55.0 Å². The van der Waals surface area contributed by atoms with Crippen LogP contribution in [0.25, 0.3) is 0 Å². The molecule has 4 aromatic rings. The number of ether oxygens (including phenoxy) is 4. The van der Waals surface area contributed by atoms with Gasteiger partial charge in [-0.25, -0.2) is 13.8 Å². The number of nitrogens with two attached hydrogens (primary N) is 2. The van der Waals surface area contributed by atoms with Crippen molar-refractivity contribution in [3.05, 3.63) is 111 Å². The summed E-state index contributed by atoms with van der Waals surface area (Å²) >= 11 is 5.83. The Morgan fingerprint density at radius 3 is 2.18 bits per heavy atom. The first-order chi connectivity index (χ1) is 35.2. The van der Waals surface area contributed by atoms with E-state index in [4.69, 9.17) is 42.0 Å². The zero-order valence-electron chi connectivity index (χ0n) is 42.3. The van der Waals surface area contributed by atoms with Gasteiger partial charge in [-0.05, 0) is 92.0 Å². The van der Waals surface area contributed by atoms with E-state index in [1.165, 1.54) is 24.1 Å². The van der Waals surface area contributed by atoms with Gasteiger partial charge in [-0.15, -0.1) is 0 Å². The molecule has 6 rings (SSSR count). The molecule has 6 amide bonds. The first-order valence-corrected chi connectivity index (χ1v) is 24.6. The second-order valence-corrected chi connectivity index (χ2v) is 19.4. The molecule has 74 heavy (non-hydrogen) atoms. The number of carbonyl (C=O) groups is 6. The Hall–Kier alpha value is -6.94. The maximum absolute atomic E-state index is 14.6. The van der Waals surface area contributed by atoms with Crippen molar-refractivity contribution in [1.29, 1.82) is 0 Å². The number of likely N-dealkylation sites (N-methyl/N-ethyl adjacent to an activating group) is 1. The van der Waals surface area contributed by atoms with Crippen LogP contribution in [-0.4, -0.2) is 140 Å². The highest BCUT2D eigenvalue weighted by Crippen LogP contribution is 2.33. The number of nitrogen functional groups attached to an aromatic ring is 1. The van der Waals surface area contributed by atoms with Crippen molar-refractivity contribution in [1.82, 2.24) is 30.3 Å². The molecule has 0 unspecified atom stereocenters. The van der Waals surface area contributed by atoms with E-state index in [0.717, 1.165) is 23.3 Å². The standard InChI is InChI=1S/C52H64ClF2N9O10/c1-30(58-6)48(67)61-45(52(3,4)5)51(70)64-29-35-25-37(12-9-33(35)26-40(64)47(57)66)73-24-23-72-22-21-71-20-15-42(65)62-16-18-63(19-17-62)50(69)32-7-10-36(11-8-32)60-49(68)34-27-41(46(56)59-28-34)74-31(2)43-39(54)14-13-38(53)44(43)55/h7-14,25,27-28,30-31,40,45,58H,15-24,26,29H2,1-6H3,(H2,56,59)(H2,57,66)(H,60,68)(H,61,67)/t30-,31+,40-,45+/m0/s1. The van der Waals surface area contributed by atoms with Gasteiger partial charge < -0.3 is 61.1 Å². The first kappa shape index (κ1) is 56.4. The molecule has 4 atom stereocenters. The van der Waals surface area contributed by atoms with Crippen LogP contribution >= 0.6 is 11.6 Å². The third kappa shape index (κ3) is 14.4. The van der Waals surface area contributed by atoms with Crippen LogP contribution in [0.5, 0.6) is 11.5 Å². The number of carbonyl (C=O) groups excluding carboxylic acids is 6. The predicted octanol–water partition coefficient (Wildman–Crippen LogP) is 4.65. The Morgan fingerprint density at radius 2 is 1.51 bits per heavy atom. The van der Waals surface area contributed by atoms with Crippen molar-refractivity contribution >= 4 is 58.5 Å². The molecule has 22 heteroatoms. The number of fused-ring (bicyclic) bond motifs is 1. The second-order valence-electron chi connectivity index (χ2n) is 19.0. The molecule has 1 aromatic heterocycles. The van der Waals surface area contributed by atoms with Crippen LogP contribution in [0.4, 0.5) is 20.3 Å². The zero-order chi connectivity index (χ0) is 53.9. The molecular formula is C52H64ClF2N9O10. The third-order valence-electron chi connectivity index (χ3n) is 12.7. The molecule has 0 aliphatic carbocycles. The molecule has 3 heterocycles. The smallest absolute Gasteiger partial charge is 0.257 e. The van der Waals surface area contributed by atoms with E-state index in [2.05, 4.69) is 20.9 Å². The molecule has 0 spiro atoms. The molecule has 2 aliphatic heterocycles. The van der Waals surface area contributed by atoms with Gasteiger partial charge in [-0.2, -0.15) is 0 Å². The number of piperazine rings is 1. The summed E-state index contributed by atoms with van der Waals surface area (Å²) in [5, 5.41) is 8.17. The third-order valence-corrected chi connectivity index (χ3v) is 13.0. The number of nitrogens with zero attached hydrogens (tertiary/aromatic N) is 4. The number of pyridine rings is 1. The van der Waals surface area contributed by atoms with Gasteiger partial charge in [0.1, 0.15) is 36.4 Å². The van der Waals surface area contributed by atoms with Gasteiger partial charge >= 0.3 is 0 Å². The molecule has 1 fully saturated rings. The van der Waals surface area contributed by atoms with Crippen LogP contribution in [0.1, 0.15) is 84.5 Å². The fourth-order valence-electron chi connectivity index (χ4n) is 8.29. The summed E-state index contributed by atoms with van der Waals surface area (Å²) in [7, 11) is 1.65. The van der Waals surface area contributed by atoms with Gasteiger partial charge in [0.2, 0.25) is 23.6 Å². The normalized spacial score (nSPS) is 15.9. The fraction of sp³-hybridized carbons (Fsp3) is 0.442.